The van der Waals surface area contributed by atoms with Crippen LogP contribution >= 0.6 is 0 Å². The molecule has 2 aromatic heterocycles. The van der Waals surface area contributed by atoms with Gasteiger partial charge in [-0.05, 0) is 76.6 Å². The minimum absolute atomic E-state index is 0.165. The average molecular weight is 577 g/mol. The molecule has 1 aliphatic heterocycles. The lowest BCUT2D eigenvalue weighted by Gasteiger charge is -2.39. The van der Waals surface area contributed by atoms with Crippen LogP contribution in [0, 0.1) is 0 Å². The molecule has 1 aromatic carbocycles. The van der Waals surface area contributed by atoms with Gasteiger partial charge in [0.1, 0.15) is 11.4 Å². The Balaban J connectivity index is 0.00000237. The highest BCUT2D eigenvalue weighted by Gasteiger charge is 2.27. The smallest absolute Gasteiger partial charge is 0.320 e. The van der Waals surface area contributed by atoms with E-state index in [-0.39, 0.29) is 12.0 Å². The predicted octanol–water partition coefficient (Wildman–Crippen LogP) is 4.92. The fourth-order valence-corrected chi connectivity index (χ4v) is 4.67. The van der Waals surface area contributed by atoms with Crippen molar-refractivity contribution in [2.45, 2.75) is 66.2 Å². The van der Waals surface area contributed by atoms with E-state index < -0.39 is 5.60 Å². The lowest BCUT2D eigenvalue weighted by atomic mass is 10.1. The molecule has 10 nitrogen and oxygen atoms in total. The number of ether oxygens (including phenoxy) is 1. The molecule has 3 heterocycles. The lowest BCUT2D eigenvalue weighted by Crippen LogP contribution is -2.53. The molecule has 1 saturated heterocycles. The molecular weight excluding hydrogens is 528 g/mol. The molecule has 42 heavy (non-hydrogen) atoms. The van der Waals surface area contributed by atoms with Crippen molar-refractivity contribution in [2.75, 3.05) is 49.9 Å². The van der Waals surface area contributed by atoms with Crippen LogP contribution in [0.5, 0.6) is 0 Å². The second kappa shape index (κ2) is 16.1. The second-order valence-electron chi connectivity index (χ2n) is 11.2. The summed E-state index contributed by atoms with van der Waals surface area (Å²) in [6, 6.07) is 14.4. The van der Waals surface area contributed by atoms with E-state index >= 15 is 0 Å². The van der Waals surface area contributed by atoms with E-state index in [2.05, 4.69) is 49.5 Å². The van der Waals surface area contributed by atoms with Crippen molar-refractivity contribution in [1.82, 2.24) is 24.8 Å². The molecule has 4 rings (SSSR count). The van der Waals surface area contributed by atoms with Crippen molar-refractivity contribution < 1.29 is 9.53 Å². The molecule has 0 aliphatic carbocycles. The van der Waals surface area contributed by atoms with Gasteiger partial charge in [-0.2, -0.15) is 0 Å². The summed E-state index contributed by atoms with van der Waals surface area (Å²) >= 11 is 0. The van der Waals surface area contributed by atoms with Gasteiger partial charge in [0.05, 0.1) is 12.2 Å². The van der Waals surface area contributed by atoms with Crippen molar-refractivity contribution in [3.05, 3.63) is 60.4 Å². The Hall–Kier alpha value is -3.60. The van der Waals surface area contributed by atoms with Gasteiger partial charge in [-0.25, -0.2) is 15.0 Å². The summed E-state index contributed by atoms with van der Waals surface area (Å²) in [6.45, 7) is 17.1. The quantitative estimate of drug-likeness (QED) is 0.214. The topological polar surface area (TPSA) is 122 Å². The first-order valence-electron chi connectivity index (χ1n) is 15.0. The Kier molecular flexibility index (Phi) is 12.7. The maximum atomic E-state index is 12.3. The first-order chi connectivity index (χ1) is 20.2. The summed E-state index contributed by atoms with van der Waals surface area (Å²) < 4.78 is 5.51. The second-order valence-corrected chi connectivity index (χ2v) is 11.2. The number of benzene rings is 1. The van der Waals surface area contributed by atoms with E-state index in [1.165, 1.54) is 5.56 Å². The first kappa shape index (κ1) is 32.9. The van der Waals surface area contributed by atoms with Crippen molar-refractivity contribution in [3.8, 4) is 11.3 Å². The number of carbonyl (C=O) groups is 1. The van der Waals surface area contributed by atoms with Crippen LogP contribution in [0.25, 0.3) is 11.3 Å². The summed E-state index contributed by atoms with van der Waals surface area (Å²) in [5.74, 6) is 1.19. The average Bonchev–Trinajstić information content (AvgIpc) is 2.95. The Labute approximate surface area is 251 Å². The lowest BCUT2D eigenvalue weighted by molar-refractivity contribution is -0.157. The standard InChI is InChI=1S/C30H42N8O2.C2H6/c1-22-19-37(15-16-38(22)21-28(39)40-30(2,3)4)20-23-7-5-8-25(17-23)35-29-33-14-11-26(36-29)24-9-10-27(34-18-24)32-13-6-12-31;1-2/h5,7-11,14,17-18,22H,6,12-13,15-16,19-21,31H2,1-4H3,(H,32,34)(H,33,35,36);1-2H3. The van der Waals surface area contributed by atoms with Gasteiger partial charge in [-0.15, -0.1) is 0 Å². The minimum atomic E-state index is -0.460. The monoisotopic (exact) mass is 576 g/mol. The van der Waals surface area contributed by atoms with Crippen LogP contribution in [0.15, 0.2) is 54.9 Å². The molecule has 0 bridgehead atoms. The first-order valence-corrected chi connectivity index (χ1v) is 15.0. The predicted molar refractivity (Wildman–Crippen MR) is 171 cm³/mol. The fraction of sp³-hybridized carbons (Fsp3) is 0.500. The Morgan fingerprint density at radius 3 is 2.62 bits per heavy atom. The molecule has 1 unspecified atom stereocenters. The Morgan fingerprint density at radius 1 is 1.12 bits per heavy atom. The Morgan fingerprint density at radius 2 is 1.93 bits per heavy atom. The molecule has 0 saturated carbocycles. The van der Waals surface area contributed by atoms with Crippen LogP contribution in [0.1, 0.15) is 53.5 Å². The largest absolute Gasteiger partial charge is 0.459 e. The minimum Gasteiger partial charge on any atom is -0.459 e. The van der Waals surface area contributed by atoms with Gasteiger partial charge in [-0.3, -0.25) is 14.6 Å². The van der Waals surface area contributed by atoms with E-state index in [9.17, 15) is 4.79 Å². The molecule has 0 amide bonds. The molecule has 1 fully saturated rings. The van der Waals surface area contributed by atoms with Crippen LogP contribution in [-0.2, 0) is 16.1 Å². The fourth-order valence-electron chi connectivity index (χ4n) is 4.67. The van der Waals surface area contributed by atoms with E-state index in [1.807, 2.05) is 71.1 Å². The SMILES string of the molecule is CC.CC1CN(Cc2cccc(Nc3nccc(-c4ccc(NCCCN)nc4)n3)c2)CCN1CC(=O)OC(C)(C)C. The number of rotatable bonds is 11. The molecule has 1 aliphatic rings. The number of aromatic nitrogens is 3. The zero-order chi connectivity index (χ0) is 30.5. The number of hydrogen-bond donors (Lipinski definition) is 3. The third kappa shape index (κ3) is 10.7. The normalized spacial score (nSPS) is 15.8. The zero-order valence-electron chi connectivity index (χ0n) is 26.1. The van der Waals surface area contributed by atoms with Crippen LogP contribution in [0.3, 0.4) is 0 Å². The highest BCUT2D eigenvalue weighted by atomic mass is 16.6. The van der Waals surface area contributed by atoms with Crippen LogP contribution in [-0.4, -0.2) is 81.6 Å². The molecule has 3 aromatic rings. The number of nitrogens with two attached hydrogens (primary N) is 1. The van der Waals surface area contributed by atoms with Crippen LogP contribution < -0.4 is 16.4 Å². The number of nitrogens with one attached hydrogen (secondary N) is 2. The summed E-state index contributed by atoms with van der Waals surface area (Å²) in [5, 5.41) is 6.61. The van der Waals surface area contributed by atoms with E-state index in [4.69, 9.17) is 15.5 Å². The van der Waals surface area contributed by atoms with Gasteiger partial charge >= 0.3 is 5.97 Å². The van der Waals surface area contributed by atoms with Gasteiger partial charge < -0.3 is 21.1 Å². The van der Waals surface area contributed by atoms with Crippen molar-refractivity contribution in [3.63, 3.8) is 0 Å². The van der Waals surface area contributed by atoms with Gasteiger partial charge in [0.25, 0.3) is 0 Å². The number of esters is 1. The van der Waals surface area contributed by atoms with Crippen LogP contribution in [0.4, 0.5) is 17.5 Å². The van der Waals surface area contributed by atoms with Gasteiger partial charge in [0.15, 0.2) is 0 Å². The highest BCUT2D eigenvalue weighted by molar-refractivity contribution is 5.72. The molecule has 228 valence electrons. The number of nitrogens with zero attached hydrogens (tertiary/aromatic N) is 5. The maximum absolute atomic E-state index is 12.3. The van der Waals surface area contributed by atoms with Gasteiger partial charge in [-0.1, -0.05) is 26.0 Å². The zero-order valence-corrected chi connectivity index (χ0v) is 26.1. The van der Waals surface area contributed by atoms with Crippen molar-refractivity contribution >= 4 is 23.4 Å². The van der Waals surface area contributed by atoms with E-state index in [0.29, 0.717) is 19.0 Å². The van der Waals surface area contributed by atoms with Crippen LogP contribution in [0.2, 0.25) is 0 Å². The number of piperazine rings is 1. The van der Waals surface area contributed by atoms with Gasteiger partial charge in [0, 0.05) is 62.4 Å². The van der Waals surface area contributed by atoms with E-state index in [1.54, 1.807) is 6.20 Å². The summed E-state index contributed by atoms with van der Waals surface area (Å²) in [7, 11) is 0. The van der Waals surface area contributed by atoms with Crippen molar-refractivity contribution in [2.24, 2.45) is 5.73 Å². The van der Waals surface area contributed by atoms with Crippen molar-refractivity contribution in [1.29, 1.82) is 0 Å². The molecule has 0 radical (unpaired) electrons. The van der Waals surface area contributed by atoms with E-state index in [0.717, 1.165) is 61.9 Å². The summed E-state index contributed by atoms with van der Waals surface area (Å²) in [4.78, 5) is 30.5. The molecule has 0 spiro atoms. The highest BCUT2D eigenvalue weighted by Crippen LogP contribution is 2.22. The number of anilines is 3. The molecule has 1 atom stereocenters. The maximum Gasteiger partial charge on any atom is 0.320 e. The number of pyridine rings is 1. The molecular formula is C32H48N8O2. The third-order valence-electron chi connectivity index (χ3n) is 6.59. The number of hydrogen-bond acceptors (Lipinski definition) is 10. The molecule has 10 heteroatoms. The Bertz CT molecular complexity index is 1250. The third-order valence-corrected chi connectivity index (χ3v) is 6.59. The summed E-state index contributed by atoms with van der Waals surface area (Å²) in [5.41, 5.74) is 8.95. The number of carbonyl (C=O) groups excluding carboxylic acids is 1. The molecule has 4 N–H and O–H groups in total. The van der Waals surface area contributed by atoms with Gasteiger partial charge in [0.2, 0.25) is 5.95 Å². The summed E-state index contributed by atoms with van der Waals surface area (Å²) in [6.07, 6.45) is 4.46.